The van der Waals surface area contributed by atoms with Gasteiger partial charge in [-0.15, -0.1) is 0 Å². The summed E-state index contributed by atoms with van der Waals surface area (Å²) < 4.78 is 28.3. The summed E-state index contributed by atoms with van der Waals surface area (Å²) in [7, 11) is -3.28. The van der Waals surface area contributed by atoms with E-state index in [0.29, 0.717) is 16.0 Å². The molecule has 5 heteroatoms. The van der Waals surface area contributed by atoms with Crippen LogP contribution in [-0.2, 0) is 9.84 Å². The molecular weight excluding hydrogens is 236 g/mol. The molecule has 15 heavy (non-hydrogen) atoms. The van der Waals surface area contributed by atoms with Crippen molar-refractivity contribution in [2.24, 2.45) is 0 Å². The zero-order chi connectivity index (χ0) is 11.1. The van der Waals surface area contributed by atoms with Crippen LogP contribution in [0.3, 0.4) is 0 Å². The number of hydrogen-bond donors (Lipinski definition) is 0. The molecule has 1 heterocycles. The first kappa shape index (κ1) is 10.5. The van der Waals surface area contributed by atoms with Gasteiger partial charge in [0.05, 0.1) is 5.75 Å². The van der Waals surface area contributed by atoms with Gasteiger partial charge >= 0.3 is 0 Å². The van der Waals surface area contributed by atoms with E-state index in [2.05, 4.69) is 0 Å². The lowest BCUT2D eigenvalue weighted by Crippen LogP contribution is -2.01. The highest BCUT2D eigenvalue weighted by molar-refractivity contribution is 7.91. The van der Waals surface area contributed by atoms with Gasteiger partial charge in [0.1, 0.15) is 5.58 Å². The van der Waals surface area contributed by atoms with Crippen molar-refractivity contribution < 1.29 is 12.8 Å². The van der Waals surface area contributed by atoms with Gasteiger partial charge in [0, 0.05) is 16.5 Å². The summed E-state index contributed by atoms with van der Waals surface area (Å²) in [5.41, 5.74) is 0.534. The highest BCUT2D eigenvalue weighted by atomic mass is 35.5. The molecule has 0 aliphatic carbocycles. The van der Waals surface area contributed by atoms with E-state index in [9.17, 15) is 8.42 Å². The van der Waals surface area contributed by atoms with Crippen molar-refractivity contribution in [1.82, 2.24) is 0 Å². The van der Waals surface area contributed by atoms with Crippen molar-refractivity contribution in [2.75, 3.05) is 5.75 Å². The Bertz CT molecular complexity index is 598. The molecule has 0 amide bonds. The van der Waals surface area contributed by atoms with Crippen LogP contribution in [0.1, 0.15) is 6.92 Å². The van der Waals surface area contributed by atoms with Gasteiger partial charge in [0.15, 0.2) is 0 Å². The third-order valence-electron chi connectivity index (χ3n) is 2.14. The molecule has 0 saturated heterocycles. The fourth-order valence-corrected chi connectivity index (χ4v) is 2.27. The first-order valence-corrected chi connectivity index (χ1v) is 6.48. The van der Waals surface area contributed by atoms with Crippen LogP contribution in [0, 0.1) is 0 Å². The molecule has 1 aromatic heterocycles. The van der Waals surface area contributed by atoms with Crippen LogP contribution in [-0.4, -0.2) is 14.2 Å². The van der Waals surface area contributed by atoms with Crippen molar-refractivity contribution in [3.8, 4) is 0 Å². The maximum atomic E-state index is 11.5. The maximum absolute atomic E-state index is 11.5. The third kappa shape index (κ3) is 1.87. The van der Waals surface area contributed by atoms with E-state index in [0.717, 1.165) is 0 Å². The molecule has 0 N–H and O–H groups in total. The number of rotatable bonds is 2. The zero-order valence-electron chi connectivity index (χ0n) is 8.03. The van der Waals surface area contributed by atoms with E-state index in [1.54, 1.807) is 25.1 Å². The minimum Gasteiger partial charge on any atom is -0.445 e. The van der Waals surface area contributed by atoms with Crippen LogP contribution in [0.4, 0.5) is 0 Å². The van der Waals surface area contributed by atoms with Gasteiger partial charge in [-0.3, -0.25) is 0 Å². The normalized spacial score (nSPS) is 12.1. The van der Waals surface area contributed by atoms with E-state index < -0.39 is 9.84 Å². The van der Waals surface area contributed by atoms with Crippen molar-refractivity contribution in [2.45, 2.75) is 12.0 Å². The number of benzene rings is 1. The van der Waals surface area contributed by atoms with Gasteiger partial charge < -0.3 is 4.42 Å². The highest BCUT2D eigenvalue weighted by Crippen LogP contribution is 2.25. The number of hydrogen-bond acceptors (Lipinski definition) is 3. The average Bonchev–Trinajstić information content (AvgIpc) is 2.61. The Morgan fingerprint density at radius 1 is 1.33 bits per heavy atom. The third-order valence-corrected chi connectivity index (χ3v) is 3.95. The molecule has 0 radical (unpaired) electrons. The summed E-state index contributed by atoms with van der Waals surface area (Å²) in [6.07, 6.45) is 0. The van der Waals surface area contributed by atoms with Gasteiger partial charge in [-0.1, -0.05) is 18.5 Å². The summed E-state index contributed by atoms with van der Waals surface area (Å²) >= 11 is 5.78. The van der Waals surface area contributed by atoms with Crippen molar-refractivity contribution in [1.29, 1.82) is 0 Å². The van der Waals surface area contributed by atoms with Gasteiger partial charge in [-0.05, 0) is 18.2 Å². The second-order valence-electron chi connectivity index (χ2n) is 3.15. The fourth-order valence-electron chi connectivity index (χ4n) is 1.29. The Hall–Kier alpha value is -1.00. The van der Waals surface area contributed by atoms with E-state index >= 15 is 0 Å². The summed E-state index contributed by atoms with van der Waals surface area (Å²) in [6.45, 7) is 1.58. The molecule has 3 nitrogen and oxygen atoms in total. The minimum absolute atomic E-state index is 0.00210. The van der Waals surface area contributed by atoms with Crippen molar-refractivity contribution in [3.63, 3.8) is 0 Å². The lowest BCUT2D eigenvalue weighted by Gasteiger charge is -1.92. The summed E-state index contributed by atoms with van der Waals surface area (Å²) in [4.78, 5) is 0. The van der Waals surface area contributed by atoms with Crippen LogP contribution in [0.2, 0.25) is 5.02 Å². The van der Waals surface area contributed by atoms with Crippen LogP contribution in [0.5, 0.6) is 0 Å². The SMILES string of the molecule is CCS(=O)(=O)c1cc2cc(Cl)ccc2o1. The summed E-state index contributed by atoms with van der Waals surface area (Å²) in [5.74, 6) is 0.0283. The summed E-state index contributed by atoms with van der Waals surface area (Å²) in [6, 6.07) is 6.50. The number of halogens is 1. The Labute approximate surface area is 92.6 Å². The van der Waals surface area contributed by atoms with E-state index in [1.807, 2.05) is 0 Å². The first-order chi connectivity index (χ1) is 7.03. The number of sulfone groups is 1. The second-order valence-corrected chi connectivity index (χ2v) is 5.80. The largest absolute Gasteiger partial charge is 0.445 e. The molecule has 0 spiro atoms. The van der Waals surface area contributed by atoms with Gasteiger partial charge in [-0.2, -0.15) is 0 Å². The second kappa shape index (κ2) is 3.54. The topological polar surface area (TPSA) is 47.3 Å². The van der Waals surface area contributed by atoms with Gasteiger partial charge in [0.2, 0.25) is 14.9 Å². The fraction of sp³-hybridized carbons (Fsp3) is 0.200. The lowest BCUT2D eigenvalue weighted by molar-refractivity contribution is 0.482. The Morgan fingerprint density at radius 2 is 2.07 bits per heavy atom. The number of furan rings is 1. The molecule has 80 valence electrons. The van der Waals surface area contributed by atoms with Crippen LogP contribution < -0.4 is 0 Å². The van der Waals surface area contributed by atoms with Crippen LogP contribution in [0.25, 0.3) is 11.0 Å². The summed E-state index contributed by atoms with van der Waals surface area (Å²) in [5, 5.41) is 1.26. The molecule has 0 aliphatic heterocycles. The van der Waals surface area contributed by atoms with E-state index in [1.165, 1.54) is 6.07 Å². The van der Waals surface area contributed by atoms with Crippen molar-refractivity contribution in [3.05, 3.63) is 29.3 Å². The predicted octanol–water partition coefficient (Wildman–Crippen LogP) is 2.88. The smallest absolute Gasteiger partial charge is 0.219 e. The monoisotopic (exact) mass is 244 g/mol. The van der Waals surface area contributed by atoms with Crippen LogP contribution in [0.15, 0.2) is 33.8 Å². The Kier molecular flexibility index (Phi) is 2.48. The maximum Gasteiger partial charge on any atom is 0.219 e. The highest BCUT2D eigenvalue weighted by Gasteiger charge is 2.17. The molecule has 1 aromatic carbocycles. The Morgan fingerprint density at radius 3 is 2.73 bits per heavy atom. The molecule has 2 rings (SSSR count). The molecule has 0 atom stereocenters. The molecule has 0 aliphatic rings. The predicted molar refractivity (Wildman–Crippen MR) is 59.0 cm³/mol. The van der Waals surface area contributed by atoms with Gasteiger partial charge in [0.25, 0.3) is 0 Å². The molecule has 0 unspecified atom stereocenters. The number of fused-ring (bicyclic) bond motifs is 1. The van der Waals surface area contributed by atoms with Crippen LogP contribution >= 0.6 is 11.6 Å². The molecule has 0 bridgehead atoms. The molecular formula is C10H9ClO3S. The molecule has 0 fully saturated rings. The Balaban J connectivity index is 2.67. The molecule has 0 saturated carbocycles. The zero-order valence-corrected chi connectivity index (χ0v) is 9.60. The van der Waals surface area contributed by atoms with E-state index in [4.69, 9.17) is 16.0 Å². The van der Waals surface area contributed by atoms with E-state index in [-0.39, 0.29) is 10.8 Å². The van der Waals surface area contributed by atoms with Gasteiger partial charge in [-0.25, -0.2) is 8.42 Å². The quantitative estimate of drug-likeness (QED) is 0.816. The molecule has 2 aromatic rings. The average molecular weight is 245 g/mol. The first-order valence-electron chi connectivity index (χ1n) is 4.45. The minimum atomic E-state index is -3.28. The lowest BCUT2D eigenvalue weighted by atomic mass is 10.3. The standard InChI is InChI=1S/C10H9ClO3S/c1-2-15(12,13)10-6-7-5-8(11)3-4-9(7)14-10/h3-6H,2H2,1H3. The van der Waals surface area contributed by atoms with Crippen molar-refractivity contribution >= 4 is 32.4 Å².